The molecule has 0 radical (unpaired) electrons. The number of amides is 4. The third-order valence-electron chi connectivity index (χ3n) is 9.10. The zero-order valence-electron chi connectivity index (χ0n) is 27.6. The Bertz CT molecular complexity index is 1280. The molecule has 3 heterocycles. The van der Waals surface area contributed by atoms with Gasteiger partial charge in [-0.3, -0.25) is 14.5 Å². The van der Waals surface area contributed by atoms with E-state index in [4.69, 9.17) is 9.47 Å². The molecule has 0 spiro atoms. The summed E-state index contributed by atoms with van der Waals surface area (Å²) in [7, 11) is -1.95. The number of cyclic esters (lactones) is 1. The first-order valence-electron chi connectivity index (χ1n) is 16.2. The molecule has 1 aromatic carbocycles. The van der Waals surface area contributed by atoms with Gasteiger partial charge in [0.25, 0.3) is 0 Å². The van der Waals surface area contributed by atoms with Crippen LogP contribution in [0.15, 0.2) is 18.2 Å². The van der Waals surface area contributed by atoms with Crippen molar-refractivity contribution >= 4 is 31.1 Å². The molecule has 14 heteroatoms. The Morgan fingerprint density at radius 2 is 1.87 bits per heavy atom. The molecule has 3 aliphatic rings. The number of benzene rings is 1. The Labute approximate surface area is 271 Å². The number of rotatable bonds is 5. The van der Waals surface area contributed by atoms with E-state index in [1.54, 1.807) is 25.7 Å². The predicted molar refractivity (Wildman–Crippen MR) is 169 cm³/mol. The Kier molecular flexibility index (Phi) is 11.3. The third-order valence-corrected chi connectivity index (χ3v) is 9.10. The molecule has 0 saturated carbocycles. The number of hydrogen-bond donors (Lipinski definition) is 5. The first-order valence-corrected chi connectivity index (χ1v) is 16.2. The molecule has 5 N–H and O–H groups in total. The number of aliphatic hydroxyl groups excluding tert-OH is 1. The smallest absolute Gasteiger partial charge is 0.449 e. The minimum atomic E-state index is -1.95. The van der Waals surface area contributed by atoms with Crippen molar-refractivity contribution in [2.24, 2.45) is 10.8 Å². The summed E-state index contributed by atoms with van der Waals surface area (Å²) in [6.07, 6.45) is 1.20. The summed E-state index contributed by atoms with van der Waals surface area (Å²) >= 11 is 0. The summed E-state index contributed by atoms with van der Waals surface area (Å²) in [5.74, 6) is -2.46. The summed E-state index contributed by atoms with van der Waals surface area (Å²) in [5, 5.41) is 34.1. The van der Waals surface area contributed by atoms with Gasteiger partial charge in [0.2, 0.25) is 11.8 Å². The van der Waals surface area contributed by atoms with Crippen molar-refractivity contribution in [1.82, 2.24) is 20.4 Å². The highest BCUT2D eigenvalue weighted by Crippen LogP contribution is 2.32. The maximum absolute atomic E-state index is 14.2. The van der Waals surface area contributed by atoms with Gasteiger partial charge in [-0.1, -0.05) is 59.2 Å². The van der Waals surface area contributed by atoms with E-state index in [0.717, 1.165) is 36.8 Å². The molecule has 4 rings (SSSR count). The van der Waals surface area contributed by atoms with Crippen LogP contribution in [0.25, 0.3) is 0 Å². The van der Waals surface area contributed by atoms with E-state index in [9.17, 15) is 34.3 Å². The Morgan fingerprint density at radius 1 is 1.15 bits per heavy atom. The van der Waals surface area contributed by atoms with Gasteiger partial charge in [-0.2, -0.15) is 0 Å². The molecular weight excluding hydrogens is 595 g/mol. The summed E-state index contributed by atoms with van der Waals surface area (Å²) in [5.41, 5.74) is 2.26. The molecule has 0 aliphatic carbocycles. The first-order chi connectivity index (χ1) is 21.6. The van der Waals surface area contributed by atoms with Gasteiger partial charge in [-0.25, -0.2) is 9.59 Å². The average Bonchev–Trinajstić information content (AvgIpc) is 3.61. The van der Waals surface area contributed by atoms with Crippen molar-refractivity contribution < 1.29 is 43.8 Å². The van der Waals surface area contributed by atoms with Crippen LogP contribution in [0.3, 0.4) is 0 Å². The van der Waals surface area contributed by atoms with Crippen LogP contribution in [0.2, 0.25) is 0 Å². The SMILES string of the molecule is CC1(C)CCCCc2cccc3c2CN(C3)C(=O)O[C@@H]2C[C@@H](C(=O)N[C@@H](CCO)B(O)O)N(C2)C(=O)[C@H](C(C)(C)C)NC(=O)OC1. The number of aliphatic hydroxyl groups is 1. The van der Waals surface area contributed by atoms with Crippen LogP contribution >= 0.6 is 0 Å². The van der Waals surface area contributed by atoms with E-state index in [2.05, 4.69) is 16.7 Å². The molecule has 0 aromatic heterocycles. The topological polar surface area (TPSA) is 178 Å². The van der Waals surface area contributed by atoms with Crippen molar-refractivity contribution in [2.75, 3.05) is 19.8 Å². The van der Waals surface area contributed by atoms with E-state index >= 15 is 0 Å². The molecule has 1 fully saturated rings. The standard InChI is InChI=1S/C32H49BN4O9/c1-31(2,3)26-28(40)37-17-22(15-24(37)27(39)34-25(12-14-38)33(43)44)46-30(42)36-16-21-11-8-10-20(23(21)18-36)9-6-7-13-32(4,5)19-45-29(41)35-26/h8,10-11,22,24-26,38,43-44H,6-7,9,12-19H2,1-5H3,(H,34,39)(H,35,41)/t22-,24+,25+,26-/m1/s1. The van der Waals surface area contributed by atoms with Gasteiger partial charge >= 0.3 is 19.3 Å². The van der Waals surface area contributed by atoms with Crippen LogP contribution in [-0.2, 0) is 38.6 Å². The Morgan fingerprint density at radius 3 is 2.54 bits per heavy atom. The molecule has 3 aliphatic heterocycles. The summed E-state index contributed by atoms with van der Waals surface area (Å²) < 4.78 is 11.5. The molecule has 4 amide bonds. The molecule has 13 nitrogen and oxygen atoms in total. The molecule has 4 atom stereocenters. The maximum atomic E-state index is 14.2. The van der Waals surface area contributed by atoms with Crippen LogP contribution in [0.5, 0.6) is 0 Å². The number of ether oxygens (including phenoxy) is 2. The average molecular weight is 645 g/mol. The highest BCUT2D eigenvalue weighted by molar-refractivity contribution is 6.43. The lowest BCUT2D eigenvalue weighted by Gasteiger charge is -2.35. The summed E-state index contributed by atoms with van der Waals surface area (Å²) in [6, 6.07) is 3.84. The molecular formula is C32H49BN4O9. The molecule has 1 saturated heterocycles. The number of carbonyl (C=O) groups is 4. The predicted octanol–water partition coefficient (Wildman–Crippen LogP) is 1.88. The number of alkyl carbamates (subject to hydrolysis) is 1. The molecule has 1 aromatic rings. The van der Waals surface area contributed by atoms with Crippen molar-refractivity contribution in [2.45, 2.75) is 110 Å². The molecule has 254 valence electrons. The minimum Gasteiger partial charge on any atom is -0.449 e. The second-order valence-corrected chi connectivity index (χ2v) is 14.6. The summed E-state index contributed by atoms with van der Waals surface area (Å²) in [4.78, 5) is 57.1. The number of nitrogens with zero attached hydrogens (tertiary/aromatic N) is 2. The fraction of sp³-hybridized carbons (Fsp3) is 0.688. The van der Waals surface area contributed by atoms with Gasteiger partial charge in [-0.05, 0) is 53.2 Å². The number of hydrogen-bond acceptors (Lipinski definition) is 9. The van der Waals surface area contributed by atoms with Crippen molar-refractivity contribution in [3.8, 4) is 0 Å². The second-order valence-electron chi connectivity index (χ2n) is 14.6. The van der Waals surface area contributed by atoms with Crippen LogP contribution in [0, 0.1) is 10.8 Å². The maximum Gasteiger partial charge on any atom is 0.475 e. The van der Waals surface area contributed by atoms with Crippen molar-refractivity contribution in [3.63, 3.8) is 0 Å². The molecule has 46 heavy (non-hydrogen) atoms. The van der Waals surface area contributed by atoms with E-state index in [1.165, 1.54) is 10.5 Å². The number of carbonyl (C=O) groups excluding carboxylic acids is 4. The first kappa shape index (κ1) is 35.5. The Hall–Kier alpha value is -3.36. The van der Waals surface area contributed by atoms with Gasteiger partial charge in [0.15, 0.2) is 0 Å². The van der Waals surface area contributed by atoms with E-state index < -0.39 is 67.3 Å². The number of nitrogens with one attached hydrogen (secondary N) is 2. The fourth-order valence-corrected chi connectivity index (χ4v) is 6.39. The van der Waals surface area contributed by atoms with E-state index in [-0.39, 0.29) is 31.4 Å². The van der Waals surface area contributed by atoms with Gasteiger partial charge in [0, 0.05) is 26.1 Å². The Balaban J connectivity index is 1.64. The number of fused-ring (bicyclic) bond motifs is 3. The van der Waals surface area contributed by atoms with E-state index in [1.807, 2.05) is 26.0 Å². The lowest BCUT2D eigenvalue weighted by Crippen LogP contribution is -2.59. The summed E-state index contributed by atoms with van der Waals surface area (Å²) in [6.45, 7) is 9.81. The second kappa shape index (κ2) is 14.6. The van der Waals surface area contributed by atoms with Gasteiger partial charge in [0.1, 0.15) is 18.2 Å². The largest absolute Gasteiger partial charge is 0.475 e. The van der Waals surface area contributed by atoms with Crippen LogP contribution in [0.4, 0.5) is 9.59 Å². The van der Waals surface area contributed by atoms with Crippen LogP contribution in [-0.4, -0.2) is 100.0 Å². The van der Waals surface area contributed by atoms with Crippen molar-refractivity contribution in [3.05, 3.63) is 34.9 Å². The zero-order valence-corrected chi connectivity index (χ0v) is 27.6. The monoisotopic (exact) mass is 644 g/mol. The highest BCUT2D eigenvalue weighted by atomic mass is 16.6. The third kappa shape index (κ3) is 8.71. The number of aryl methyl sites for hydroxylation is 1. The zero-order chi connectivity index (χ0) is 33.8. The van der Waals surface area contributed by atoms with Gasteiger partial charge in [0.05, 0.1) is 19.1 Å². The quantitative estimate of drug-likeness (QED) is 0.300. The molecule has 0 unspecified atom stereocenters. The fourth-order valence-electron chi connectivity index (χ4n) is 6.39. The van der Waals surface area contributed by atoms with Crippen molar-refractivity contribution in [1.29, 1.82) is 0 Å². The highest BCUT2D eigenvalue weighted by Gasteiger charge is 2.47. The van der Waals surface area contributed by atoms with Gasteiger partial charge < -0.3 is 40.2 Å². The lowest BCUT2D eigenvalue weighted by atomic mass is 9.77. The normalized spacial score (nSPS) is 24.9. The van der Waals surface area contributed by atoms with Crippen LogP contribution in [0.1, 0.15) is 83.4 Å². The lowest BCUT2D eigenvalue weighted by molar-refractivity contribution is -0.142. The van der Waals surface area contributed by atoms with Crippen LogP contribution < -0.4 is 10.6 Å². The molecule has 4 bridgehead atoms. The minimum absolute atomic E-state index is 0.0434. The van der Waals surface area contributed by atoms with E-state index in [0.29, 0.717) is 13.1 Å². The van der Waals surface area contributed by atoms with Gasteiger partial charge in [-0.15, -0.1) is 0 Å².